The number of guanidine groups is 1. The van der Waals surface area contributed by atoms with Crippen LogP contribution in [0, 0.1) is 5.92 Å². The second-order valence-corrected chi connectivity index (χ2v) is 5.74. The summed E-state index contributed by atoms with van der Waals surface area (Å²) in [5.74, 6) is 2.48. The molecule has 0 atom stereocenters. The molecule has 0 unspecified atom stereocenters. The Morgan fingerprint density at radius 3 is 2.79 bits per heavy atom. The van der Waals surface area contributed by atoms with E-state index in [1.54, 1.807) is 13.3 Å². The van der Waals surface area contributed by atoms with Crippen molar-refractivity contribution in [2.75, 3.05) is 46.6 Å². The van der Waals surface area contributed by atoms with E-state index in [1.165, 1.54) is 0 Å². The van der Waals surface area contributed by atoms with Gasteiger partial charge in [-0.1, -0.05) is 0 Å². The molecule has 1 fully saturated rings. The van der Waals surface area contributed by atoms with Crippen LogP contribution < -0.4 is 10.6 Å². The summed E-state index contributed by atoms with van der Waals surface area (Å²) in [5.41, 5.74) is 0. The van der Waals surface area contributed by atoms with E-state index >= 15 is 0 Å². The molecule has 0 aliphatic carbocycles. The third kappa shape index (κ3) is 8.89. The maximum absolute atomic E-state index is 5.75. The highest BCUT2D eigenvalue weighted by molar-refractivity contribution is 14.0. The van der Waals surface area contributed by atoms with Crippen molar-refractivity contribution < 1.29 is 13.9 Å². The van der Waals surface area contributed by atoms with Gasteiger partial charge in [0.2, 0.25) is 0 Å². The summed E-state index contributed by atoms with van der Waals surface area (Å²) >= 11 is 0. The molecular formula is C17H30IN3O3. The first-order valence-electron chi connectivity index (χ1n) is 8.51. The maximum Gasteiger partial charge on any atom is 0.190 e. The van der Waals surface area contributed by atoms with Crippen molar-refractivity contribution >= 4 is 29.9 Å². The van der Waals surface area contributed by atoms with Gasteiger partial charge in [-0.2, -0.15) is 0 Å². The summed E-state index contributed by atoms with van der Waals surface area (Å²) in [5, 5.41) is 6.57. The number of nitrogens with one attached hydrogen (secondary N) is 2. The predicted molar refractivity (Wildman–Crippen MR) is 106 cm³/mol. The molecule has 0 aromatic carbocycles. The molecular weight excluding hydrogens is 421 g/mol. The minimum atomic E-state index is 0. The van der Waals surface area contributed by atoms with Crippen LogP contribution >= 0.6 is 24.0 Å². The van der Waals surface area contributed by atoms with Gasteiger partial charge in [-0.3, -0.25) is 4.99 Å². The molecule has 1 aromatic rings. The van der Waals surface area contributed by atoms with E-state index in [0.29, 0.717) is 5.92 Å². The van der Waals surface area contributed by atoms with E-state index in [0.717, 1.165) is 76.9 Å². The quantitative estimate of drug-likeness (QED) is 0.261. The van der Waals surface area contributed by atoms with E-state index < -0.39 is 0 Å². The summed E-state index contributed by atoms with van der Waals surface area (Å²) in [6, 6.07) is 3.89. The third-order valence-electron chi connectivity index (χ3n) is 3.92. The molecule has 1 aliphatic heterocycles. The number of hydrogen-bond acceptors (Lipinski definition) is 4. The first-order chi connectivity index (χ1) is 11.4. The van der Waals surface area contributed by atoms with Crippen LogP contribution in [0.15, 0.2) is 27.8 Å². The van der Waals surface area contributed by atoms with Crippen LogP contribution in [0.25, 0.3) is 0 Å². The van der Waals surface area contributed by atoms with Crippen molar-refractivity contribution in [3.8, 4) is 0 Å². The highest BCUT2D eigenvalue weighted by Gasteiger charge is 2.13. The smallest absolute Gasteiger partial charge is 0.190 e. The zero-order chi connectivity index (χ0) is 16.2. The largest absolute Gasteiger partial charge is 0.469 e. The Bertz CT molecular complexity index is 434. The molecule has 0 amide bonds. The van der Waals surface area contributed by atoms with E-state index in [1.807, 2.05) is 12.1 Å². The average molecular weight is 451 g/mol. The molecule has 24 heavy (non-hydrogen) atoms. The van der Waals surface area contributed by atoms with Crippen LogP contribution in [0.1, 0.15) is 25.0 Å². The summed E-state index contributed by atoms with van der Waals surface area (Å²) in [7, 11) is 1.78. The first-order valence-corrected chi connectivity index (χ1v) is 8.51. The standard InChI is InChI=1S/C17H29N3O3.HI/c1-18-17(20-9-5-16-4-2-11-23-16)19-8-3-10-22-14-15-6-12-21-13-7-15;/h2,4,11,15H,3,5-10,12-14H2,1H3,(H2,18,19,20);1H. The summed E-state index contributed by atoms with van der Waals surface area (Å²) in [4.78, 5) is 4.21. The molecule has 6 nitrogen and oxygen atoms in total. The Kier molecular flexibility index (Phi) is 11.9. The lowest BCUT2D eigenvalue weighted by Gasteiger charge is -2.21. The molecule has 0 radical (unpaired) electrons. The van der Waals surface area contributed by atoms with Crippen LogP contribution in [0.2, 0.25) is 0 Å². The van der Waals surface area contributed by atoms with Gasteiger partial charge in [0.15, 0.2) is 5.96 Å². The molecule has 138 valence electrons. The molecule has 1 aromatic heterocycles. The normalized spacial score (nSPS) is 15.8. The Morgan fingerprint density at radius 2 is 2.08 bits per heavy atom. The lowest BCUT2D eigenvalue weighted by molar-refractivity contribution is 0.0203. The number of aliphatic imine (C=N–C) groups is 1. The van der Waals surface area contributed by atoms with E-state index in [9.17, 15) is 0 Å². The van der Waals surface area contributed by atoms with Gasteiger partial charge in [0, 0.05) is 53.0 Å². The van der Waals surface area contributed by atoms with Crippen molar-refractivity contribution in [3.63, 3.8) is 0 Å². The highest BCUT2D eigenvalue weighted by atomic mass is 127. The van der Waals surface area contributed by atoms with Crippen LogP contribution in [0.3, 0.4) is 0 Å². The minimum absolute atomic E-state index is 0. The predicted octanol–water partition coefficient (Wildman–Crippen LogP) is 2.44. The van der Waals surface area contributed by atoms with Crippen LogP contribution in [0.4, 0.5) is 0 Å². The van der Waals surface area contributed by atoms with Gasteiger partial charge in [0.1, 0.15) is 5.76 Å². The van der Waals surface area contributed by atoms with Gasteiger partial charge in [-0.05, 0) is 37.3 Å². The van der Waals surface area contributed by atoms with Gasteiger partial charge < -0.3 is 24.5 Å². The Morgan fingerprint density at radius 1 is 1.29 bits per heavy atom. The lowest BCUT2D eigenvalue weighted by atomic mass is 10.0. The van der Waals surface area contributed by atoms with E-state index in [4.69, 9.17) is 13.9 Å². The van der Waals surface area contributed by atoms with Gasteiger partial charge in [0.25, 0.3) is 0 Å². The number of furan rings is 1. The van der Waals surface area contributed by atoms with E-state index in [2.05, 4.69) is 15.6 Å². The summed E-state index contributed by atoms with van der Waals surface area (Å²) in [6.45, 7) is 5.07. The van der Waals surface area contributed by atoms with E-state index in [-0.39, 0.29) is 24.0 Å². The zero-order valence-electron chi connectivity index (χ0n) is 14.5. The van der Waals surface area contributed by atoms with Crippen molar-refractivity contribution in [1.82, 2.24) is 10.6 Å². The van der Waals surface area contributed by atoms with Crippen molar-refractivity contribution in [1.29, 1.82) is 0 Å². The Balaban J connectivity index is 0.00000288. The zero-order valence-corrected chi connectivity index (χ0v) is 16.8. The lowest BCUT2D eigenvalue weighted by Crippen LogP contribution is -2.39. The van der Waals surface area contributed by atoms with Crippen molar-refractivity contribution in [2.45, 2.75) is 25.7 Å². The SMILES string of the molecule is CN=C(NCCCOCC1CCOCC1)NCCc1ccco1.I. The molecule has 2 N–H and O–H groups in total. The second kappa shape index (κ2) is 13.5. The monoisotopic (exact) mass is 451 g/mol. The van der Waals surface area contributed by atoms with Gasteiger partial charge >= 0.3 is 0 Å². The van der Waals surface area contributed by atoms with Gasteiger partial charge in [-0.25, -0.2) is 0 Å². The van der Waals surface area contributed by atoms with Gasteiger partial charge in [-0.15, -0.1) is 24.0 Å². The first kappa shape index (κ1) is 21.2. The second-order valence-electron chi connectivity index (χ2n) is 5.74. The third-order valence-corrected chi connectivity index (χ3v) is 3.92. The topological polar surface area (TPSA) is 68.0 Å². The summed E-state index contributed by atoms with van der Waals surface area (Å²) in [6.07, 6.45) is 5.78. The van der Waals surface area contributed by atoms with Crippen molar-refractivity contribution in [2.24, 2.45) is 10.9 Å². The number of ether oxygens (including phenoxy) is 2. The molecule has 1 aliphatic rings. The number of halogens is 1. The van der Waals surface area contributed by atoms with Crippen LogP contribution in [-0.4, -0.2) is 52.5 Å². The van der Waals surface area contributed by atoms with Gasteiger partial charge in [0.05, 0.1) is 6.26 Å². The summed E-state index contributed by atoms with van der Waals surface area (Å²) < 4.78 is 16.4. The average Bonchev–Trinajstić information content (AvgIpc) is 3.10. The molecule has 1 saturated heterocycles. The number of nitrogens with zero attached hydrogens (tertiary/aromatic N) is 1. The molecule has 2 heterocycles. The fourth-order valence-corrected chi connectivity index (χ4v) is 2.52. The number of hydrogen-bond donors (Lipinski definition) is 2. The highest BCUT2D eigenvalue weighted by Crippen LogP contribution is 2.14. The van der Waals surface area contributed by atoms with Crippen LogP contribution in [0.5, 0.6) is 0 Å². The fourth-order valence-electron chi connectivity index (χ4n) is 2.52. The maximum atomic E-state index is 5.75. The fraction of sp³-hybridized carbons (Fsp3) is 0.706. The molecule has 2 rings (SSSR count). The Hall–Kier alpha value is -0.800. The van der Waals surface area contributed by atoms with Crippen molar-refractivity contribution in [3.05, 3.63) is 24.2 Å². The molecule has 0 saturated carbocycles. The minimum Gasteiger partial charge on any atom is -0.469 e. The molecule has 0 bridgehead atoms. The van der Waals surface area contributed by atoms with Crippen LogP contribution in [-0.2, 0) is 15.9 Å². The molecule has 0 spiro atoms. The number of rotatable bonds is 9. The Labute approximate surface area is 161 Å². The molecule has 7 heteroatoms.